The van der Waals surface area contributed by atoms with Crippen molar-refractivity contribution in [1.82, 2.24) is 10.3 Å². The van der Waals surface area contributed by atoms with E-state index in [1.54, 1.807) is 6.08 Å². The van der Waals surface area contributed by atoms with Crippen molar-refractivity contribution in [2.24, 2.45) is 10.3 Å². The molecule has 124 valence electrons. The summed E-state index contributed by atoms with van der Waals surface area (Å²) >= 11 is 0. The van der Waals surface area contributed by atoms with Gasteiger partial charge in [-0.1, -0.05) is 11.3 Å². The number of nitrogens with one attached hydrogen (secondary N) is 2. The molecule has 1 aromatic carbocycles. The maximum Gasteiger partial charge on any atom is 0.120 e. The second-order valence-corrected chi connectivity index (χ2v) is 5.48. The van der Waals surface area contributed by atoms with Gasteiger partial charge in [-0.05, 0) is 44.5 Å². The third-order valence-electron chi connectivity index (χ3n) is 3.25. The van der Waals surface area contributed by atoms with Crippen LogP contribution in [0.15, 0.2) is 47.3 Å². The van der Waals surface area contributed by atoms with Gasteiger partial charge in [0.1, 0.15) is 6.17 Å². The molecule has 0 radical (unpaired) electrons. The van der Waals surface area contributed by atoms with E-state index in [1.165, 1.54) is 0 Å². The fourth-order valence-corrected chi connectivity index (χ4v) is 1.88. The highest BCUT2D eigenvalue weighted by Gasteiger charge is 2.04. The van der Waals surface area contributed by atoms with Crippen molar-refractivity contribution in [2.45, 2.75) is 32.5 Å². The fourth-order valence-electron chi connectivity index (χ4n) is 1.88. The molecule has 0 spiro atoms. The molecule has 0 aliphatic rings. The standard InChI is InChI=1S/C17H26N6/c1-5-11-19-15(3)21-22-23(4)12-10-14(2)20-17-8-6-16(13-18)7-9-17/h5-9,14-15,19-20H,1,10-12H2,2-4H3/b22-21-. The molecule has 0 heterocycles. The van der Waals surface area contributed by atoms with Crippen molar-refractivity contribution < 1.29 is 0 Å². The normalized spacial score (nSPS) is 13.3. The molecule has 0 bridgehead atoms. The highest BCUT2D eigenvalue weighted by molar-refractivity contribution is 5.47. The lowest BCUT2D eigenvalue weighted by atomic mass is 10.2. The van der Waals surface area contributed by atoms with Crippen molar-refractivity contribution in [3.8, 4) is 6.07 Å². The maximum absolute atomic E-state index is 8.79. The molecule has 0 aromatic heterocycles. The summed E-state index contributed by atoms with van der Waals surface area (Å²) in [4.78, 5) is 0. The topological polar surface area (TPSA) is 75.8 Å². The van der Waals surface area contributed by atoms with Crippen molar-refractivity contribution >= 4 is 5.69 Å². The van der Waals surface area contributed by atoms with E-state index in [2.05, 4.69) is 40.5 Å². The van der Waals surface area contributed by atoms with Crippen molar-refractivity contribution in [2.75, 3.05) is 25.5 Å². The number of nitriles is 1. The smallest absolute Gasteiger partial charge is 0.120 e. The zero-order chi connectivity index (χ0) is 17.1. The van der Waals surface area contributed by atoms with Crippen LogP contribution in [0.4, 0.5) is 5.69 Å². The Hall–Kier alpha value is -2.39. The minimum atomic E-state index is -0.0235. The molecule has 0 aliphatic carbocycles. The zero-order valence-electron chi connectivity index (χ0n) is 14.2. The van der Waals surface area contributed by atoms with E-state index >= 15 is 0 Å². The van der Waals surface area contributed by atoms with Crippen LogP contribution in [-0.2, 0) is 0 Å². The Morgan fingerprint density at radius 1 is 1.35 bits per heavy atom. The minimum absolute atomic E-state index is 0.0235. The average molecular weight is 314 g/mol. The van der Waals surface area contributed by atoms with E-state index in [4.69, 9.17) is 5.26 Å². The Morgan fingerprint density at radius 3 is 2.65 bits per heavy atom. The summed E-state index contributed by atoms with van der Waals surface area (Å²) in [6, 6.07) is 9.89. The number of rotatable bonds is 10. The molecular formula is C17H26N6. The van der Waals surface area contributed by atoms with Gasteiger partial charge in [0.15, 0.2) is 0 Å². The van der Waals surface area contributed by atoms with Gasteiger partial charge in [-0.25, -0.2) is 0 Å². The summed E-state index contributed by atoms with van der Waals surface area (Å²) in [7, 11) is 1.91. The van der Waals surface area contributed by atoms with Crippen LogP contribution in [0.3, 0.4) is 0 Å². The first-order valence-electron chi connectivity index (χ1n) is 7.78. The van der Waals surface area contributed by atoms with Crippen LogP contribution >= 0.6 is 0 Å². The molecular weight excluding hydrogens is 288 g/mol. The zero-order valence-corrected chi connectivity index (χ0v) is 14.2. The first kappa shape index (κ1) is 18.7. The van der Waals surface area contributed by atoms with E-state index in [9.17, 15) is 0 Å². The predicted molar refractivity (Wildman–Crippen MR) is 94.0 cm³/mol. The number of nitrogens with zero attached hydrogens (tertiary/aromatic N) is 4. The maximum atomic E-state index is 8.79. The quantitative estimate of drug-likeness (QED) is 0.395. The molecule has 0 aliphatic heterocycles. The number of hydrogen-bond acceptors (Lipinski definition) is 5. The summed E-state index contributed by atoms with van der Waals surface area (Å²) in [5.74, 6) is 0. The summed E-state index contributed by atoms with van der Waals surface area (Å²) in [6.07, 6.45) is 2.71. The van der Waals surface area contributed by atoms with Gasteiger partial charge in [0, 0.05) is 31.9 Å². The van der Waals surface area contributed by atoms with Crippen LogP contribution in [0.5, 0.6) is 0 Å². The molecule has 1 aromatic rings. The fraction of sp³-hybridized carbons (Fsp3) is 0.471. The van der Waals surface area contributed by atoms with Crippen LogP contribution in [0.25, 0.3) is 0 Å². The van der Waals surface area contributed by atoms with Crippen molar-refractivity contribution in [3.05, 3.63) is 42.5 Å². The first-order chi connectivity index (χ1) is 11.0. The van der Waals surface area contributed by atoms with Gasteiger partial charge in [0.05, 0.1) is 11.6 Å². The lowest BCUT2D eigenvalue weighted by Crippen LogP contribution is -2.25. The number of anilines is 1. The molecule has 0 saturated heterocycles. The van der Waals surface area contributed by atoms with Gasteiger partial charge in [-0.3, -0.25) is 10.3 Å². The van der Waals surface area contributed by atoms with Gasteiger partial charge in [-0.15, -0.1) is 6.58 Å². The average Bonchev–Trinajstić information content (AvgIpc) is 2.57. The molecule has 6 nitrogen and oxygen atoms in total. The van der Waals surface area contributed by atoms with E-state index < -0.39 is 0 Å². The molecule has 0 amide bonds. The third-order valence-corrected chi connectivity index (χ3v) is 3.25. The highest BCUT2D eigenvalue weighted by Crippen LogP contribution is 2.11. The van der Waals surface area contributed by atoms with Crippen LogP contribution in [-0.4, -0.2) is 37.4 Å². The Bertz CT molecular complexity index is 531. The second-order valence-electron chi connectivity index (χ2n) is 5.48. The van der Waals surface area contributed by atoms with E-state index in [0.29, 0.717) is 11.6 Å². The van der Waals surface area contributed by atoms with Gasteiger partial charge in [0.2, 0.25) is 0 Å². The largest absolute Gasteiger partial charge is 0.383 e. The van der Waals surface area contributed by atoms with Crippen molar-refractivity contribution in [1.29, 1.82) is 5.26 Å². The van der Waals surface area contributed by atoms with E-state index in [1.807, 2.05) is 43.2 Å². The Balaban J connectivity index is 2.31. The molecule has 2 unspecified atom stereocenters. The molecule has 0 fully saturated rings. The summed E-state index contributed by atoms with van der Waals surface area (Å²) in [5, 5.41) is 25.5. The third kappa shape index (κ3) is 7.98. The number of hydrogen-bond donors (Lipinski definition) is 2. The molecule has 6 heteroatoms. The SMILES string of the molecule is C=CCNC(C)/N=N\N(C)CCC(C)Nc1ccc(C#N)cc1. The Kier molecular flexibility index (Phi) is 8.40. The summed E-state index contributed by atoms with van der Waals surface area (Å²) in [6.45, 7) is 9.25. The van der Waals surface area contributed by atoms with Crippen molar-refractivity contribution in [3.63, 3.8) is 0 Å². The molecule has 0 saturated carbocycles. The van der Waals surface area contributed by atoms with Gasteiger partial charge < -0.3 is 5.32 Å². The van der Waals surface area contributed by atoms with Crippen LogP contribution in [0.2, 0.25) is 0 Å². The lowest BCUT2D eigenvalue weighted by Gasteiger charge is -2.18. The molecule has 2 N–H and O–H groups in total. The van der Waals surface area contributed by atoms with Crippen LogP contribution < -0.4 is 10.6 Å². The van der Waals surface area contributed by atoms with E-state index in [0.717, 1.165) is 25.2 Å². The lowest BCUT2D eigenvalue weighted by molar-refractivity contribution is 0.305. The molecule has 1 rings (SSSR count). The Morgan fingerprint density at radius 2 is 2.04 bits per heavy atom. The molecule has 2 atom stereocenters. The van der Waals surface area contributed by atoms with Gasteiger partial charge in [-0.2, -0.15) is 10.4 Å². The minimum Gasteiger partial charge on any atom is -0.383 e. The predicted octanol–water partition coefficient (Wildman–Crippen LogP) is 3.17. The van der Waals surface area contributed by atoms with Crippen LogP contribution in [0.1, 0.15) is 25.8 Å². The van der Waals surface area contributed by atoms with Crippen LogP contribution in [0, 0.1) is 11.3 Å². The number of benzene rings is 1. The summed E-state index contributed by atoms with van der Waals surface area (Å²) < 4.78 is 0. The molecule has 23 heavy (non-hydrogen) atoms. The van der Waals surface area contributed by atoms with Gasteiger partial charge in [0.25, 0.3) is 0 Å². The first-order valence-corrected chi connectivity index (χ1v) is 7.78. The monoisotopic (exact) mass is 314 g/mol. The van der Waals surface area contributed by atoms with E-state index in [-0.39, 0.29) is 6.17 Å². The highest BCUT2D eigenvalue weighted by atomic mass is 15.5. The summed E-state index contributed by atoms with van der Waals surface area (Å²) in [5.41, 5.74) is 1.69. The van der Waals surface area contributed by atoms with Gasteiger partial charge >= 0.3 is 0 Å². The second kappa shape index (κ2) is 10.4. The Labute approximate surface area is 138 Å².